The van der Waals surface area contributed by atoms with Gasteiger partial charge in [-0.05, 0) is 23.8 Å². The van der Waals surface area contributed by atoms with Crippen molar-refractivity contribution in [2.75, 3.05) is 16.4 Å². The van der Waals surface area contributed by atoms with Gasteiger partial charge in [-0.2, -0.15) is 12.6 Å². The number of hydrogen-bond acceptors (Lipinski definition) is 5. The normalized spacial score (nSPS) is 11.4. The molecule has 0 saturated heterocycles. The van der Waals surface area contributed by atoms with Gasteiger partial charge in [0.15, 0.2) is 5.78 Å². The summed E-state index contributed by atoms with van der Waals surface area (Å²) in [6.45, 7) is 0. The fraction of sp³-hybridized carbons (Fsp3) is 0.125. The van der Waals surface area contributed by atoms with Gasteiger partial charge < -0.3 is 16.4 Å². The number of carbonyl (C=O) groups is 3. The van der Waals surface area contributed by atoms with Gasteiger partial charge >= 0.3 is 0 Å². The molecule has 31 heavy (non-hydrogen) atoms. The van der Waals surface area contributed by atoms with E-state index in [1.54, 1.807) is 42.5 Å². The first-order valence-electron chi connectivity index (χ1n) is 9.72. The number of anilines is 2. The number of primary amides is 1. The van der Waals surface area contributed by atoms with Gasteiger partial charge in [-0.25, -0.2) is 0 Å². The van der Waals surface area contributed by atoms with E-state index in [4.69, 9.17) is 5.73 Å². The Labute approximate surface area is 186 Å². The SMILES string of the molecule is NC(=O)[C@H](CS)Nc1ccc(NC(=O)Cc2ccccc2)c(C(=O)c2ccccc2)c1. The summed E-state index contributed by atoms with van der Waals surface area (Å²) in [4.78, 5) is 37.3. The molecule has 0 fully saturated rings. The van der Waals surface area contributed by atoms with Crippen molar-refractivity contribution in [2.24, 2.45) is 5.73 Å². The Morgan fingerprint density at radius 3 is 2.16 bits per heavy atom. The number of nitrogens with two attached hydrogens (primary N) is 1. The molecule has 3 aromatic rings. The van der Waals surface area contributed by atoms with E-state index in [9.17, 15) is 14.4 Å². The zero-order valence-corrected chi connectivity index (χ0v) is 17.6. The molecule has 2 amide bonds. The molecule has 0 aliphatic rings. The second-order valence-corrected chi connectivity index (χ2v) is 7.31. The van der Waals surface area contributed by atoms with Crippen molar-refractivity contribution in [2.45, 2.75) is 12.5 Å². The molecule has 1 atom stereocenters. The van der Waals surface area contributed by atoms with Crippen molar-refractivity contribution in [3.63, 3.8) is 0 Å². The number of carbonyl (C=O) groups excluding carboxylic acids is 3. The number of thiol groups is 1. The molecule has 0 aromatic heterocycles. The lowest BCUT2D eigenvalue weighted by Crippen LogP contribution is -2.36. The van der Waals surface area contributed by atoms with E-state index in [-0.39, 0.29) is 23.9 Å². The number of amides is 2. The van der Waals surface area contributed by atoms with Crippen LogP contribution in [0.4, 0.5) is 11.4 Å². The van der Waals surface area contributed by atoms with Crippen LogP contribution >= 0.6 is 12.6 Å². The van der Waals surface area contributed by atoms with E-state index in [1.807, 2.05) is 36.4 Å². The van der Waals surface area contributed by atoms with E-state index in [0.29, 0.717) is 22.5 Å². The topological polar surface area (TPSA) is 101 Å². The van der Waals surface area contributed by atoms with Gasteiger partial charge in [0.2, 0.25) is 11.8 Å². The van der Waals surface area contributed by atoms with E-state index in [1.165, 1.54) is 0 Å². The maximum atomic E-state index is 13.2. The van der Waals surface area contributed by atoms with Crippen LogP contribution in [-0.4, -0.2) is 29.4 Å². The summed E-state index contributed by atoms with van der Waals surface area (Å²) in [5, 5.41) is 5.81. The highest BCUT2D eigenvalue weighted by Gasteiger charge is 2.19. The molecule has 0 aliphatic carbocycles. The molecule has 0 heterocycles. The molecular formula is C24H23N3O3S. The molecule has 0 bridgehead atoms. The minimum absolute atomic E-state index is 0.184. The van der Waals surface area contributed by atoms with Crippen LogP contribution in [0.3, 0.4) is 0 Å². The number of hydrogen-bond donors (Lipinski definition) is 4. The van der Waals surface area contributed by atoms with Crippen LogP contribution < -0.4 is 16.4 Å². The minimum Gasteiger partial charge on any atom is -0.373 e. The van der Waals surface area contributed by atoms with Crippen LogP contribution in [0.5, 0.6) is 0 Å². The largest absolute Gasteiger partial charge is 0.373 e. The molecule has 7 heteroatoms. The van der Waals surface area contributed by atoms with Crippen molar-refractivity contribution in [1.29, 1.82) is 0 Å². The number of nitrogens with one attached hydrogen (secondary N) is 2. The summed E-state index contributed by atoms with van der Waals surface area (Å²) in [6.07, 6.45) is 0.184. The van der Waals surface area contributed by atoms with Crippen molar-refractivity contribution in [3.8, 4) is 0 Å². The van der Waals surface area contributed by atoms with E-state index < -0.39 is 11.9 Å². The van der Waals surface area contributed by atoms with Crippen LogP contribution in [0.15, 0.2) is 78.9 Å². The van der Waals surface area contributed by atoms with Gasteiger partial charge in [0.25, 0.3) is 0 Å². The fourth-order valence-corrected chi connectivity index (χ4v) is 3.33. The van der Waals surface area contributed by atoms with Crippen molar-refractivity contribution in [3.05, 3.63) is 95.6 Å². The zero-order chi connectivity index (χ0) is 22.2. The average Bonchev–Trinajstić information content (AvgIpc) is 2.78. The molecule has 4 N–H and O–H groups in total. The first kappa shape index (κ1) is 22.1. The highest BCUT2D eigenvalue weighted by atomic mass is 32.1. The average molecular weight is 434 g/mol. The third-order valence-electron chi connectivity index (χ3n) is 4.65. The Balaban J connectivity index is 1.90. The number of benzene rings is 3. The molecule has 158 valence electrons. The Kier molecular flexibility index (Phi) is 7.45. The highest BCUT2D eigenvalue weighted by molar-refractivity contribution is 7.80. The van der Waals surface area contributed by atoms with Crippen LogP contribution in [0.2, 0.25) is 0 Å². The molecule has 6 nitrogen and oxygen atoms in total. The third kappa shape index (κ3) is 5.96. The van der Waals surface area contributed by atoms with Crippen molar-refractivity contribution < 1.29 is 14.4 Å². The fourth-order valence-electron chi connectivity index (χ4n) is 3.06. The predicted molar refractivity (Wildman–Crippen MR) is 126 cm³/mol. The standard InChI is InChI=1S/C24H23N3O3S/c25-24(30)21(15-31)26-18-11-12-20(27-22(28)13-16-7-3-1-4-8-16)19(14-18)23(29)17-9-5-2-6-10-17/h1-12,14,21,26,31H,13,15H2,(H2,25,30)(H,27,28)/t21-/m0/s1. The number of rotatable bonds is 9. The molecule has 0 radical (unpaired) electrons. The Bertz CT molecular complexity index is 1070. The summed E-state index contributed by atoms with van der Waals surface area (Å²) >= 11 is 4.13. The molecule has 3 aromatic carbocycles. The highest BCUT2D eigenvalue weighted by Crippen LogP contribution is 2.25. The second kappa shape index (κ2) is 10.4. The Morgan fingerprint density at radius 2 is 1.55 bits per heavy atom. The lowest BCUT2D eigenvalue weighted by atomic mass is 10.0. The smallest absolute Gasteiger partial charge is 0.240 e. The van der Waals surface area contributed by atoms with Crippen molar-refractivity contribution in [1.82, 2.24) is 0 Å². The van der Waals surface area contributed by atoms with Crippen molar-refractivity contribution >= 4 is 41.6 Å². The van der Waals surface area contributed by atoms with Crippen LogP contribution in [0, 0.1) is 0 Å². The zero-order valence-electron chi connectivity index (χ0n) is 16.7. The molecule has 0 unspecified atom stereocenters. The van der Waals surface area contributed by atoms with Gasteiger partial charge in [-0.1, -0.05) is 60.7 Å². The van der Waals surface area contributed by atoms with Crippen LogP contribution in [0.1, 0.15) is 21.5 Å². The van der Waals surface area contributed by atoms with E-state index in [0.717, 1.165) is 5.56 Å². The van der Waals surface area contributed by atoms with Crippen LogP contribution in [-0.2, 0) is 16.0 Å². The summed E-state index contributed by atoms with van der Waals surface area (Å²) < 4.78 is 0. The third-order valence-corrected chi connectivity index (χ3v) is 5.01. The van der Waals surface area contributed by atoms with Gasteiger partial charge in [-0.3, -0.25) is 14.4 Å². The van der Waals surface area contributed by atoms with Crippen LogP contribution in [0.25, 0.3) is 0 Å². The van der Waals surface area contributed by atoms with E-state index in [2.05, 4.69) is 23.3 Å². The Morgan fingerprint density at radius 1 is 0.903 bits per heavy atom. The first-order chi connectivity index (χ1) is 15.0. The quantitative estimate of drug-likeness (QED) is 0.307. The van der Waals surface area contributed by atoms with Gasteiger partial charge in [0.1, 0.15) is 6.04 Å². The Hall–Kier alpha value is -3.58. The van der Waals surface area contributed by atoms with Gasteiger partial charge in [-0.15, -0.1) is 0 Å². The molecule has 0 spiro atoms. The first-order valence-corrected chi connectivity index (χ1v) is 10.4. The lowest BCUT2D eigenvalue weighted by Gasteiger charge is -2.17. The minimum atomic E-state index is -0.693. The second-order valence-electron chi connectivity index (χ2n) is 6.95. The van der Waals surface area contributed by atoms with Gasteiger partial charge in [0.05, 0.1) is 12.1 Å². The lowest BCUT2D eigenvalue weighted by molar-refractivity contribution is -0.118. The maximum Gasteiger partial charge on any atom is 0.240 e. The predicted octanol–water partition coefficient (Wildman–Crippen LogP) is 3.29. The summed E-state index contributed by atoms with van der Waals surface area (Å²) in [5.74, 6) is -0.835. The maximum absolute atomic E-state index is 13.2. The number of ketones is 1. The summed E-state index contributed by atoms with van der Waals surface area (Å²) in [7, 11) is 0. The van der Waals surface area contributed by atoms with E-state index >= 15 is 0 Å². The molecule has 0 aliphatic heterocycles. The monoisotopic (exact) mass is 433 g/mol. The van der Waals surface area contributed by atoms with Gasteiger partial charge in [0, 0.05) is 22.6 Å². The molecule has 0 saturated carbocycles. The molecular weight excluding hydrogens is 410 g/mol. The summed E-state index contributed by atoms with van der Waals surface area (Å²) in [6, 6.07) is 22.3. The molecule has 3 rings (SSSR count). The summed E-state index contributed by atoms with van der Waals surface area (Å²) in [5.41, 5.74) is 7.95.